The Morgan fingerprint density at radius 2 is 1.39 bits per heavy atom. The molecule has 1 fully saturated rings. The fourth-order valence-corrected chi connectivity index (χ4v) is 5.70. The van der Waals surface area contributed by atoms with Gasteiger partial charge >= 0.3 is 0 Å². The van der Waals surface area contributed by atoms with Crippen LogP contribution in [0.15, 0.2) is 54.6 Å². The molecule has 222 valence electrons. The van der Waals surface area contributed by atoms with Crippen LogP contribution in [-0.4, -0.2) is 13.2 Å². The number of hydrogen-bond acceptors (Lipinski definition) is 2. The smallest absolute Gasteiger partial charge is 0.201 e. The molecule has 0 bridgehead atoms. The lowest BCUT2D eigenvalue weighted by Crippen LogP contribution is -2.21. The topological polar surface area (TPSA) is 18.5 Å². The molecule has 1 heterocycles. The van der Waals surface area contributed by atoms with Crippen LogP contribution in [0.4, 0.5) is 13.2 Å². The number of halogens is 3. The van der Waals surface area contributed by atoms with Crippen LogP contribution in [0.25, 0.3) is 22.3 Å². The molecule has 5 heteroatoms. The molecule has 41 heavy (non-hydrogen) atoms. The van der Waals surface area contributed by atoms with Crippen molar-refractivity contribution in [1.29, 1.82) is 0 Å². The molecule has 4 rings (SSSR count). The summed E-state index contributed by atoms with van der Waals surface area (Å²) in [6.45, 7) is 5.42. The lowest BCUT2D eigenvalue weighted by atomic mass is 9.90. The van der Waals surface area contributed by atoms with Gasteiger partial charge in [-0.2, -0.15) is 4.39 Å². The van der Waals surface area contributed by atoms with Crippen LogP contribution in [0.1, 0.15) is 103 Å². The summed E-state index contributed by atoms with van der Waals surface area (Å²) in [5.41, 5.74) is 2.86. The first-order chi connectivity index (χ1) is 20.0. The largest absolute Gasteiger partial charge is 0.490 e. The molecule has 0 aromatic heterocycles. The summed E-state index contributed by atoms with van der Waals surface area (Å²) in [5, 5.41) is 0. The van der Waals surface area contributed by atoms with Crippen molar-refractivity contribution in [2.24, 2.45) is 5.92 Å². The monoisotopic (exact) mass is 566 g/mol. The van der Waals surface area contributed by atoms with E-state index < -0.39 is 11.6 Å². The van der Waals surface area contributed by atoms with Crippen molar-refractivity contribution in [2.45, 2.75) is 97.0 Å². The molecule has 3 aromatic rings. The minimum atomic E-state index is -0.969. The van der Waals surface area contributed by atoms with Crippen molar-refractivity contribution >= 4 is 0 Å². The first kappa shape index (κ1) is 31.2. The van der Waals surface area contributed by atoms with Gasteiger partial charge in [0.05, 0.1) is 19.3 Å². The van der Waals surface area contributed by atoms with Gasteiger partial charge in [0, 0.05) is 11.1 Å². The highest BCUT2D eigenvalue weighted by Crippen LogP contribution is 2.36. The lowest BCUT2D eigenvalue weighted by molar-refractivity contribution is -0.0215. The van der Waals surface area contributed by atoms with E-state index >= 15 is 4.39 Å². The number of hydrogen-bond donors (Lipinski definition) is 0. The molecule has 3 aromatic carbocycles. The third-order valence-electron chi connectivity index (χ3n) is 8.27. The third-order valence-corrected chi connectivity index (χ3v) is 8.27. The van der Waals surface area contributed by atoms with Crippen LogP contribution in [0.5, 0.6) is 5.75 Å². The maximum absolute atomic E-state index is 15.2. The summed E-state index contributed by atoms with van der Waals surface area (Å²) in [4.78, 5) is 0. The molecule has 0 amide bonds. The van der Waals surface area contributed by atoms with E-state index in [4.69, 9.17) is 9.47 Å². The molecule has 2 unspecified atom stereocenters. The van der Waals surface area contributed by atoms with Crippen molar-refractivity contribution < 1.29 is 22.6 Å². The normalized spacial score (nSPS) is 17.1. The minimum Gasteiger partial charge on any atom is -0.490 e. The van der Waals surface area contributed by atoms with Gasteiger partial charge in [0.25, 0.3) is 0 Å². The molecule has 0 saturated carbocycles. The molecule has 0 aliphatic carbocycles. The highest BCUT2D eigenvalue weighted by atomic mass is 19.2. The molecule has 0 spiro atoms. The summed E-state index contributed by atoms with van der Waals surface area (Å²) in [7, 11) is 0. The molecule has 1 saturated heterocycles. The van der Waals surface area contributed by atoms with E-state index in [-0.39, 0.29) is 23.2 Å². The number of benzene rings is 3. The molecule has 0 N–H and O–H groups in total. The highest BCUT2D eigenvalue weighted by Gasteiger charge is 2.25. The molecule has 1 aliphatic rings. The zero-order valence-corrected chi connectivity index (χ0v) is 24.7. The van der Waals surface area contributed by atoms with Gasteiger partial charge < -0.3 is 9.47 Å². The van der Waals surface area contributed by atoms with E-state index in [9.17, 15) is 8.78 Å². The fourth-order valence-electron chi connectivity index (χ4n) is 5.70. The Kier molecular flexibility index (Phi) is 12.2. The average molecular weight is 567 g/mol. The second kappa shape index (κ2) is 16.0. The fraction of sp³-hybridized carbons (Fsp3) is 0.500. The lowest BCUT2D eigenvalue weighted by Gasteiger charge is -2.29. The van der Waals surface area contributed by atoms with Gasteiger partial charge in [-0.25, -0.2) is 8.78 Å². The Bertz CT molecular complexity index is 1220. The summed E-state index contributed by atoms with van der Waals surface area (Å²) in [6, 6.07) is 15.4. The summed E-state index contributed by atoms with van der Waals surface area (Å²) in [6.07, 6.45) is 13.3. The van der Waals surface area contributed by atoms with Crippen LogP contribution >= 0.6 is 0 Å². The highest BCUT2D eigenvalue weighted by molar-refractivity contribution is 5.71. The van der Waals surface area contributed by atoms with Gasteiger partial charge in [-0.15, -0.1) is 0 Å². The van der Waals surface area contributed by atoms with E-state index in [1.165, 1.54) is 44.6 Å². The maximum atomic E-state index is 15.2. The van der Waals surface area contributed by atoms with Gasteiger partial charge in [0.2, 0.25) is 5.82 Å². The van der Waals surface area contributed by atoms with Gasteiger partial charge in [-0.05, 0) is 66.5 Å². The Hall–Kier alpha value is -2.79. The van der Waals surface area contributed by atoms with Crippen molar-refractivity contribution in [3.63, 3.8) is 0 Å². The molecule has 2 nitrogen and oxygen atoms in total. The van der Waals surface area contributed by atoms with E-state index in [2.05, 4.69) is 13.8 Å². The summed E-state index contributed by atoms with van der Waals surface area (Å²) >= 11 is 0. The first-order valence-corrected chi connectivity index (χ1v) is 15.6. The van der Waals surface area contributed by atoms with Crippen molar-refractivity contribution in [3.05, 3.63) is 77.6 Å². The second-order valence-electron chi connectivity index (χ2n) is 11.4. The van der Waals surface area contributed by atoms with Crippen molar-refractivity contribution in [3.8, 4) is 28.0 Å². The van der Waals surface area contributed by atoms with Gasteiger partial charge in [0.15, 0.2) is 11.6 Å². The van der Waals surface area contributed by atoms with E-state index in [1.54, 1.807) is 24.3 Å². The maximum Gasteiger partial charge on any atom is 0.201 e. The average Bonchev–Trinajstić information content (AvgIpc) is 2.99. The van der Waals surface area contributed by atoms with Crippen LogP contribution in [0.3, 0.4) is 0 Å². The van der Waals surface area contributed by atoms with E-state index in [0.29, 0.717) is 30.3 Å². The predicted octanol–water partition coefficient (Wildman–Crippen LogP) is 11.2. The minimum absolute atomic E-state index is 0.0604. The Morgan fingerprint density at radius 1 is 0.707 bits per heavy atom. The zero-order valence-electron chi connectivity index (χ0n) is 24.7. The molecule has 0 radical (unpaired) electrons. The molecular formula is C36H45F3O2. The molecular weight excluding hydrogens is 521 g/mol. The Morgan fingerprint density at radius 3 is 2.07 bits per heavy atom. The summed E-state index contributed by atoms with van der Waals surface area (Å²) < 4.78 is 56.3. The van der Waals surface area contributed by atoms with Gasteiger partial charge in [0.1, 0.15) is 5.82 Å². The van der Waals surface area contributed by atoms with Crippen LogP contribution in [0, 0.1) is 23.4 Å². The zero-order chi connectivity index (χ0) is 29.0. The molecule has 2 atom stereocenters. The number of unbranched alkanes of at least 4 members (excludes halogenated alkanes) is 7. The number of rotatable bonds is 15. The SMILES string of the molecule is CCCCCCCC1CCC(c2ccc(-c3ccc(-c4ccc(OCCCCCC)c(F)c4F)cc3)cc2F)OC1. The summed E-state index contributed by atoms with van der Waals surface area (Å²) in [5.74, 6) is -1.65. The Balaban J connectivity index is 1.34. The second-order valence-corrected chi connectivity index (χ2v) is 11.4. The van der Waals surface area contributed by atoms with Crippen LogP contribution in [0.2, 0.25) is 0 Å². The van der Waals surface area contributed by atoms with Crippen LogP contribution < -0.4 is 4.74 Å². The van der Waals surface area contributed by atoms with Gasteiger partial charge in [-0.3, -0.25) is 0 Å². The van der Waals surface area contributed by atoms with Crippen molar-refractivity contribution in [2.75, 3.05) is 13.2 Å². The van der Waals surface area contributed by atoms with Crippen molar-refractivity contribution in [1.82, 2.24) is 0 Å². The standard InChI is InChI=1S/C36H45F3O2/c1-3-5-7-9-10-12-26-13-21-33(41-25-26)31-19-18-29(24-32(31)37)27-14-16-28(17-15-27)30-20-22-34(36(39)35(30)38)40-23-11-8-6-4-2/h14-20,22,24,26,33H,3-13,21,23,25H2,1-2H3. The first-order valence-electron chi connectivity index (χ1n) is 15.6. The third kappa shape index (κ3) is 8.61. The predicted molar refractivity (Wildman–Crippen MR) is 162 cm³/mol. The quantitative estimate of drug-likeness (QED) is 0.170. The Labute approximate surface area is 244 Å². The van der Waals surface area contributed by atoms with Crippen LogP contribution in [-0.2, 0) is 4.74 Å². The molecule has 1 aliphatic heterocycles. The number of ether oxygens (including phenoxy) is 2. The van der Waals surface area contributed by atoms with E-state index in [1.807, 2.05) is 24.3 Å². The van der Waals surface area contributed by atoms with Gasteiger partial charge in [-0.1, -0.05) is 102 Å². The van der Waals surface area contributed by atoms with E-state index in [0.717, 1.165) is 49.7 Å².